The van der Waals surface area contributed by atoms with Crippen LogP contribution in [-0.4, -0.2) is 9.97 Å². The van der Waals surface area contributed by atoms with Crippen molar-refractivity contribution in [1.82, 2.24) is 9.97 Å². The highest BCUT2D eigenvalue weighted by molar-refractivity contribution is 7.13. The highest BCUT2D eigenvalue weighted by atomic mass is 35.5. The van der Waals surface area contributed by atoms with Gasteiger partial charge >= 0.3 is 0 Å². The number of nitrogens with two attached hydrogens (primary N) is 1. The van der Waals surface area contributed by atoms with Crippen molar-refractivity contribution in [3.8, 4) is 11.4 Å². The zero-order valence-electron chi connectivity index (χ0n) is 6.15. The van der Waals surface area contributed by atoms with Crippen molar-refractivity contribution >= 4 is 28.9 Å². The van der Waals surface area contributed by atoms with Gasteiger partial charge < -0.3 is 10.7 Å². The maximum Gasteiger partial charge on any atom is 0.180 e. The Hall–Kier alpha value is -1.00. The van der Waals surface area contributed by atoms with E-state index in [4.69, 9.17) is 5.73 Å². The molecule has 12 heavy (non-hydrogen) atoms. The number of anilines is 1. The summed E-state index contributed by atoms with van der Waals surface area (Å²) < 4.78 is 0. The van der Waals surface area contributed by atoms with E-state index in [1.807, 2.05) is 23.7 Å². The van der Waals surface area contributed by atoms with Crippen LogP contribution in [0.4, 0.5) is 5.13 Å². The Labute approximate surface area is 80.1 Å². The molecule has 0 aliphatic carbocycles. The number of hydrogen-bond acceptors (Lipinski definition) is 3. The van der Waals surface area contributed by atoms with E-state index in [1.54, 1.807) is 0 Å². The minimum absolute atomic E-state index is 0. The Balaban J connectivity index is 0.000000720. The van der Waals surface area contributed by atoms with Gasteiger partial charge in [-0.15, -0.1) is 23.7 Å². The lowest BCUT2D eigenvalue weighted by Gasteiger charge is -1.86. The van der Waals surface area contributed by atoms with E-state index in [-0.39, 0.29) is 12.4 Å². The molecule has 0 aliphatic rings. The average Bonchev–Trinajstić information content (AvgIpc) is 2.55. The number of hydrogen-bond donors (Lipinski definition) is 2. The predicted octanol–water partition coefficient (Wildman–Crippen LogP) is 2.14. The van der Waals surface area contributed by atoms with Gasteiger partial charge in [0, 0.05) is 11.6 Å². The maximum atomic E-state index is 5.48. The fourth-order valence-electron chi connectivity index (χ4n) is 0.901. The normalized spacial score (nSPS) is 9.33. The number of nitrogens with one attached hydrogen (secondary N) is 1. The third-order valence-electron chi connectivity index (χ3n) is 1.40. The summed E-state index contributed by atoms with van der Waals surface area (Å²) in [6.45, 7) is 0. The zero-order valence-corrected chi connectivity index (χ0v) is 7.78. The fourth-order valence-corrected chi connectivity index (χ4v) is 1.46. The van der Waals surface area contributed by atoms with Crippen molar-refractivity contribution in [3.05, 3.63) is 23.7 Å². The topological polar surface area (TPSA) is 54.7 Å². The minimum Gasteiger partial charge on any atom is -0.375 e. The zero-order chi connectivity index (χ0) is 7.68. The van der Waals surface area contributed by atoms with Gasteiger partial charge in [-0.1, -0.05) is 0 Å². The van der Waals surface area contributed by atoms with Crippen LogP contribution < -0.4 is 5.73 Å². The van der Waals surface area contributed by atoms with E-state index in [2.05, 4.69) is 9.97 Å². The van der Waals surface area contributed by atoms with Crippen LogP contribution in [-0.2, 0) is 0 Å². The highest BCUT2D eigenvalue weighted by Gasteiger charge is 2.00. The number of thiazole rings is 1. The molecule has 0 atom stereocenters. The van der Waals surface area contributed by atoms with Gasteiger partial charge in [-0.3, -0.25) is 0 Å². The Bertz CT molecular complexity index is 341. The molecule has 64 valence electrons. The monoisotopic (exact) mass is 201 g/mol. The van der Waals surface area contributed by atoms with E-state index >= 15 is 0 Å². The first kappa shape index (κ1) is 9.09. The Morgan fingerprint density at radius 3 is 2.83 bits per heavy atom. The molecule has 0 saturated carbocycles. The van der Waals surface area contributed by atoms with Crippen molar-refractivity contribution in [2.75, 3.05) is 5.73 Å². The molecule has 0 bridgehead atoms. The molecule has 0 radical (unpaired) electrons. The first-order valence-electron chi connectivity index (χ1n) is 3.21. The molecule has 2 aromatic heterocycles. The number of H-pyrrole nitrogens is 1. The van der Waals surface area contributed by atoms with Gasteiger partial charge in [0.15, 0.2) is 5.13 Å². The van der Waals surface area contributed by atoms with Crippen molar-refractivity contribution in [2.24, 2.45) is 0 Å². The van der Waals surface area contributed by atoms with E-state index in [9.17, 15) is 0 Å². The van der Waals surface area contributed by atoms with Crippen LogP contribution in [0, 0.1) is 0 Å². The summed E-state index contributed by atoms with van der Waals surface area (Å²) >= 11 is 1.45. The Kier molecular flexibility index (Phi) is 2.73. The van der Waals surface area contributed by atoms with Crippen molar-refractivity contribution in [3.63, 3.8) is 0 Å². The molecule has 0 unspecified atom stereocenters. The fraction of sp³-hybridized carbons (Fsp3) is 0. The first-order valence-corrected chi connectivity index (χ1v) is 4.09. The molecule has 3 N–H and O–H groups in total. The first-order chi connectivity index (χ1) is 5.36. The lowest BCUT2D eigenvalue weighted by Crippen LogP contribution is -1.82. The van der Waals surface area contributed by atoms with E-state index in [1.165, 1.54) is 11.3 Å². The van der Waals surface area contributed by atoms with Crippen LogP contribution in [0.1, 0.15) is 0 Å². The van der Waals surface area contributed by atoms with Crippen LogP contribution in [0.3, 0.4) is 0 Å². The van der Waals surface area contributed by atoms with Gasteiger partial charge in [0.05, 0.1) is 11.4 Å². The van der Waals surface area contributed by atoms with E-state index in [0.717, 1.165) is 11.4 Å². The molecule has 2 rings (SSSR count). The van der Waals surface area contributed by atoms with Crippen LogP contribution in [0.15, 0.2) is 23.7 Å². The molecule has 0 aliphatic heterocycles. The smallest absolute Gasteiger partial charge is 0.180 e. The quantitative estimate of drug-likeness (QED) is 0.743. The third-order valence-corrected chi connectivity index (χ3v) is 2.07. The second kappa shape index (κ2) is 3.60. The van der Waals surface area contributed by atoms with Gasteiger partial charge in [0.1, 0.15) is 0 Å². The number of aromatic amines is 1. The van der Waals surface area contributed by atoms with Crippen molar-refractivity contribution in [1.29, 1.82) is 0 Å². The third kappa shape index (κ3) is 1.60. The summed E-state index contributed by atoms with van der Waals surface area (Å²) in [5, 5.41) is 2.54. The van der Waals surface area contributed by atoms with Crippen LogP contribution in [0.2, 0.25) is 0 Å². The van der Waals surface area contributed by atoms with Gasteiger partial charge in [-0.25, -0.2) is 4.98 Å². The van der Waals surface area contributed by atoms with Crippen LogP contribution >= 0.6 is 23.7 Å². The minimum atomic E-state index is 0. The molecule has 0 aromatic carbocycles. The lowest BCUT2D eigenvalue weighted by molar-refractivity contribution is 1.33. The van der Waals surface area contributed by atoms with E-state index in [0.29, 0.717) is 5.13 Å². The number of rotatable bonds is 1. The summed E-state index contributed by atoms with van der Waals surface area (Å²) in [6, 6.07) is 3.90. The van der Waals surface area contributed by atoms with E-state index < -0.39 is 0 Å². The number of nitrogen functional groups attached to an aromatic ring is 1. The molecule has 0 spiro atoms. The Morgan fingerprint density at radius 2 is 2.33 bits per heavy atom. The molecule has 0 saturated heterocycles. The summed E-state index contributed by atoms with van der Waals surface area (Å²) in [6.07, 6.45) is 1.87. The standard InChI is InChI=1S/C7H7N3S.ClH/c8-7-10-6(4-11-7)5-2-1-3-9-5;/h1-4,9H,(H2,8,10);1H. The largest absolute Gasteiger partial charge is 0.375 e. The molecular weight excluding hydrogens is 194 g/mol. The number of aromatic nitrogens is 2. The van der Waals surface area contributed by atoms with Crippen molar-refractivity contribution in [2.45, 2.75) is 0 Å². The summed E-state index contributed by atoms with van der Waals surface area (Å²) in [7, 11) is 0. The average molecular weight is 202 g/mol. The predicted molar refractivity (Wildman–Crippen MR) is 53.6 cm³/mol. The Morgan fingerprint density at radius 1 is 1.50 bits per heavy atom. The summed E-state index contributed by atoms with van der Waals surface area (Å²) in [5.41, 5.74) is 7.40. The second-order valence-corrected chi connectivity index (χ2v) is 3.04. The van der Waals surface area contributed by atoms with Gasteiger partial charge in [-0.05, 0) is 12.1 Å². The van der Waals surface area contributed by atoms with Gasteiger partial charge in [0.2, 0.25) is 0 Å². The molecule has 2 aromatic rings. The number of nitrogens with zero attached hydrogens (tertiary/aromatic N) is 1. The van der Waals surface area contributed by atoms with Crippen LogP contribution in [0.5, 0.6) is 0 Å². The molecule has 3 nitrogen and oxygen atoms in total. The molecule has 0 fully saturated rings. The molecule has 0 amide bonds. The van der Waals surface area contributed by atoms with Gasteiger partial charge in [-0.2, -0.15) is 0 Å². The lowest BCUT2D eigenvalue weighted by atomic mass is 10.3. The second-order valence-electron chi connectivity index (χ2n) is 2.15. The van der Waals surface area contributed by atoms with Gasteiger partial charge in [0.25, 0.3) is 0 Å². The van der Waals surface area contributed by atoms with Crippen LogP contribution in [0.25, 0.3) is 11.4 Å². The number of halogens is 1. The summed E-state index contributed by atoms with van der Waals surface area (Å²) in [5.74, 6) is 0. The molecular formula is C7H8ClN3S. The molecule has 2 heterocycles. The SMILES string of the molecule is Cl.Nc1nc(-c2ccc[nH]2)cs1. The highest BCUT2D eigenvalue weighted by Crippen LogP contribution is 2.20. The summed E-state index contributed by atoms with van der Waals surface area (Å²) in [4.78, 5) is 7.17. The maximum absolute atomic E-state index is 5.48. The van der Waals surface area contributed by atoms with Crippen molar-refractivity contribution < 1.29 is 0 Å². The molecule has 5 heteroatoms.